The standard InChI is InChI=1S/C15H19NO2.ClH/c1-2-18-15-13(17)8-7-12-14(15)11-6-4-3-5-10(11)9-16-12;/h3-6,9,12-15,17H,2,7-8H2,1H3;1H. The van der Waals surface area contributed by atoms with Gasteiger partial charge in [0.05, 0.1) is 18.2 Å². The van der Waals surface area contributed by atoms with Gasteiger partial charge in [0.25, 0.3) is 0 Å². The smallest absolute Gasteiger partial charge is 0.0922 e. The molecule has 0 spiro atoms. The van der Waals surface area contributed by atoms with E-state index in [1.54, 1.807) is 0 Å². The number of halogens is 1. The molecule has 1 heterocycles. The molecule has 3 rings (SSSR count). The summed E-state index contributed by atoms with van der Waals surface area (Å²) in [5.41, 5.74) is 2.44. The summed E-state index contributed by atoms with van der Waals surface area (Å²) in [5.74, 6) is 0.204. The van der Waals surface area contributed by atoms with E-state index in [9.17, 15) is 5.11 Å². The van der Waals surface area contributed by atoms with Crippen LogP contribution in [-0.2, 0) is 4.74 Å². The molecule has 1 aliphatic heterocycles. The Labute approximate surface area is 120 Å². The predicted molar refractivity (Wildman–Crippen MR) is 78.5 cm³/mol. The summed E-state index contributed by atoms with van der Waals surface area (Å²) in [6.07, 6.45) is 3.21. The number of benzene rings is 1. The van der Waals surface area contributed by atoms with E-state index in [0.29, 0.717) is 6.61 Å². The van der Waals surface area contributed by atoms with Gasteiger partial charge in [-0.05, 0) is 30.9 Å². The van der Waals surface area contributed by atoms with Gasteiger partial charge in [0.15, 0.2) is 0 Å². The van der Waals surface area contributed by atoms with Gasteiger partial charge in [-0.25, -0.2) is 0 Å². The van der Waals surface area contributed by atoms with Crippen LogP contribution in [0.3, 0.4) is 0 Å². The van der Waals surface area contributed by atoms with Crippen LogP contribution >= 0.6 is 12.4 Å². The van der Waals surface area contributed by atoms with Crippen LogP contribution in [0.2, 0.25) is 0 Å². The Hall–Kier alpha value is -0.900. The van der Waals surface area contributed by atoms with Crippen LogP contribution in [0, 0.1) is 0 Å². The van der Waals surface area contributed by atoms with Crippen LogP contribution < -0.4 is 0 Å². The molecule has 0 radical (unpaired) electrons. The zero-order chi connectivity index (χ0) is 12.5. The van der Waals surface area contributed by atoms with E-state index in [1.807, 2.05) is 19.2 Å². The van der Waals surface area contributed by atoms with Crippen LogP contribution in [0.15, 0.2) is 29.3 Å². The summed E-state index contributed by atoms with van der Waals surface area (Å²) in [6, 6.07) is 8.57. The van der Waals surface area contributed by atoms with Crippen molar-refractivity contribution in [3.63, 3.8) is 0 Å². The first-order chi connectivity index (χ1) is 8.81. The van der Waals surface area contributed by atoms with Crippen molar-refractivity contribution in [3.8, 4) is 0 Å². The van der Waals surface area contributed by atoms with Gasteiger partial charge in [0.1, 0.15) is 0 Å². The Kier molecular flexibility index (Phi) is 4.61. The summed E-state index contributed by atoms with van der Waals surface area (Å²) in [6.45, 7) is 2.62. The van der Waals surface area contributed by atoms with Crippen molar-refractivity contribution in [1.82, 2.24) is 0 Å². The Morgan fingerprint density at radius 2 is 2.11 bits per heavy atom. The van der Waals surface area contributed by atoms with Crippen molar-refractivity contribution >= 4 is 18.6 Å². The van der Waals surface area contributed by atoms with E-state index in [1.165, 1.54) is 5.56 Å². The average Bonchev–Trinajstić information content (AvgIpc) is 2.41. The van der Waals surface area contributed by atoms with Crippen molar-refractivity contribution in [2.45, 2.75) is 43.9 Å². The van der Waals surface area contributed by atoms with Gasteiger partial charge < -0.3 is 9.84 Å². The Morgan fingerprint density at radius 1 is 1.32 bits per heavy atom. The normalized spacial score (nSPS) is 32.1. The molecule has 1 saturated carbocycles. The van der Waals surface area contributed by atoms with Gasteiger partial charge in [-0.15, -0.1) is 12.4 Å². The summed E-state index contributed by atoms with van der Waals surface area (Å²) < 4.78 is 5.80. The molecule has 1 N–H and O–H groups in total. The first-order valence-corrected chi connectivity index (χ1v) is 6.73. The fourth-order valence-electron chi connectivity index (χ4n) is 3.21. The first-order valence-electron chi connectivity index (χ1n) is 6.73. The lowest BCUT2D eigenvalue weighted by Crippen LogP contribution is -2.46. The summed E-state index contributed by atoms with van der Waals surface area (Å²) in [5, 5.41) is 10.2. The van der Waals surface area contributed by atoms with Crippen molar-refractivity contribution in [2.75, 3.05) is 6.61 Å². The zero-order valence-electron chi connectivity index (χ0n) is 11.0. The van der Waals surface area contributed by atoms with Gasteiger partial charge in [0, 0.05) is 18.7 Å². The van der Waals surface area contributed by atoms with E-state index < -0.39 is 0 Å². The van der Waals surface area contributed by atoms with Gasteiger partial charge in [-0.2, -0.15) is 0 Å². The number of aliphatic imine (C=N–C) groups is 1. The van der Waals surface area contributed by atoms with Crippen LogP contribution in [0.25, 0.3) is 0 Å². The maximum atomic E-state index is 10.2. The number of hydrogen-bond donors (Lipinski definition) is 1. The minimum absolute atomic E-state index is 0. The Balaban J connectivity index is 0.00000133. The molecule has 1 aliphatic carbocycles. The second kappa shape index (κ2) is 6.04. The Morgan fingerprint density at radius 3 is 2.89 bits per heavy atom. The van der Waals surface area contributed by atoms with Gasteiger partial charge >= 0.3 is 0 Å². The maximum absolute atomic E-state index is 10.2. The van der Waals surface area contributed by atoms with E-state index in [2.05, 4.69) is 23.2 Å². The number of aliphatic hydroxyl groups excluding tert-OH is 1. The summed E-state index contributed by atoms with van der Waals surface area (Å²) in [4.78, 5) is 4.64. The molecular weight excluding hydrogens is 262 g/mol. The second-order valence-electron chi connectivity index (χ2n) is 5.06. The van der Waals surface area contributed by atoms with Gasteiger partial charge in [0.2, 0.25) is 0 Å². The van der Waals surface area contributed by atoms with Crippen molar-refractivity contribution < 1.29 is 9.84 Å². The Bertz CT molecular complexity index is 463. The van der Waals surface area contributed by atoms with Crippen LogP contribution in [0.1, 0.15) is 36.8 Å². The number of rotatable bonds is 2. The van der Waals surface area contributed by atoms with Crippen molar-refractivity contribution in [2.24, 2.45) is 4.99 Å². The summed E-state index contributed by atoms with van der Waals surface area (Å²) >= 11 is 0. The highest BCUT2D eigenvalue weighted by Gasteiger charge is 2.42. The van der Waals surface area contributed by atoms with Crippen molar-refractivity contribution in [3.05, 3.63) is 35.4 Å². The highest BCUT2D eigenvalue weighted by Crippen LogP contribution is 2.40. The first kappa shape index (κ1) is 14.5. The number of fused-ring (bicyclic) bond motifs is 3. The van der Waals surface area contributed by atoms with Crippen LogP contribution in [0.5, 0.6) is 0 Å². The minimum Gasteiger partial charge on any atom is -0.390 e. The molecule has 1 aromatic rings. The molecule has 2 aliphatic rings. The molecule has 0 amide bonds. The average molecular weight is 282 g/mol. The number of ether oxygens (including phenoxy) is 1. The molecule has 19 heavy (non-hydrogen) atoms. The lowest BCUT2D eigenvalue weighted by Gasteiger charge is -2.41. The molecule has 0 aromatic heterocycles. The van der Waals surface area contributed by atoms with Crippen molar-refractivity contribution in [1.29, 1.82) is 0 Å². The third-order valence-electron chi connectivity index (χ3n) is 4.03. The lowest BCUT2D eigenvalue weighted by molar-refractivity contribution is -0.0714. The third-order valence-corrected chi connectivity index (χ3v) is 4.03. The second-order valence-corrected chi connectivity index (χ2v) is 5.06. The predicted octanol–water partition coefficient (Wildman–Crippen LogP) is 2.55. The highest BCUT2D eigenvalue weighted by atomic mass is 35.5. The van der Waals surface area contributed by atoms with Crippen LogP contribution in [-0.4, -0.2) is 36.2 Å². The number of aliphatic hydroxyl groups is 1. The SMILES string of the molecule is CCOC1C(O)CCC2N=Cc3ccccc3C21.Cl. The quantitative estimate of drug-likeness (QED) is 0.905. The number of nitrogens with zero attached hydrogens (tertiary/aromatic N) is 1. The zero-order valence-corrected chi connectivity index (χ0v) is 11.8. The molecule has 4 unspecified atom stereocenters. The molecule has 1 aromatic carbocycles. The third kappa shape index (κ3) is 2.55. The van der Waals surface area contributed by atoms with Gasteiger partial charge in [-0.3, -0.25) is 4.99 Å². The largest absolute Gasteiger partial charge is 0.390 e. The molecular formula is C15H20ClNO2. The maximum Gasteiger partial charge on any atom is 0.0922 e. The molecule has 4 atom stereocenters. The topological polar surface area (TPSA) is 41.8 Å². The monoisotopic (exact) mass is 281 g/mol. The van der Waals surface area contributed by atoms with E-state index in [-0.39, 0.29) is 36.6 Å². The number of hydrogen-bond acceptors (Lipinski definition) is 3. The van der Waals surface area contributed by atoms with E-state index >= 15 is 0 Å². The molecule has 1 fully saturated rings. The van der Waals surface area contributed by atoms with E-state index in [0.717, 1.165) is 18.4 Å². The molecule has 0 bridgehead atoms. The van der Waals surface area contributed by atoms with E-state index in [4.69, 9.17) is 4.74 Å². The lowest BCUT2D eigenvalue weighted by atomic mass is 9.74. The molecule has 0 saturated heterocycles. The fraction of sp³-hybridized carbons (Fsp3) is 0.533. The molecule has 104 valence electrons. The minimum atomic E-state index is -0.368. The highest BCUT2D eigenvalue weighted by molar-refractivity contribution is 5.85. The van der Waals surface area contributed by atoms with Crippen LogP contribution in [0.4, 0.5) is 0 Å². The molecule has 4 heteroatoms. The molecule has 3 nitrogen and oxygen atoms in total. The fourth-order valence-corrected chi connectivity index (χ4v) is 3.21. The van der Waals surface area contributed by atoms with Gasteiger partial charge in [-0.1, -0.05) is 24.3 Å². The summed E-state index contributed by atoms with van der Waals surface area (Å²) in [7, 11) is 0.